The highest BCUT2D eigenvalue weighted by Gasteiger charge is 2.20. The summed E-state index contributed by atoms with van der Waals surface area (Å²) in [5.74, 6) is 0.166. The van der Waals surface area contributed by atoms with Crippen molar-refractivity contribution in [1.82, 2.24) is 0 Å². The van der Waals surface area contributed by atoms with Crippen LogP contribution in [0.3, 0.4) is 0 Å². The molecule has 0 saturated carbocycles. The summed E-state index contributed by atoms with van der Waals surface area (Å²) in [6.45, 7) is 0. The van der Waals surface area contributed by atoms with Crippen LogP contribution in [0.5, 0.6) is 11.5 Å². The molecular weight excluding hydrogens is 372 g/mol. The molecule has 0 amide bonds. The van der Waals surface area contributed by atoms with Gasteiger partial charge in [0, 0.05) is 10.5 Å². The van der Waals surface area contributed by atoms with Crippen LogP contribution in [0.25, 0.3) is 5.57 Å². The minimum atomic E-state index is -0.984. The van der Waals surface area contributed by atoms with Crippen molar-refractivity contribution in [2.75, 3.05) is 14.2 Å². The molecule has 0 aliphatic carbocycles. The van der Waals surface area contributed by atoms with Crippen LogP contribution in [0.1, 0.15) is 11.1 Å². The lowest BCUT2D eigenvalue weighted by molar-refractivity contribution is -0.131. The van der Waals surface area contributed by atoms with Crippen LogP contribution in [0, 0.1) is 0 Å². The molecule has 0 spiro atoms. The van der Waals surface area contributed by atoms with Gasteiger partial charge in [-0.2, -0.15) is 0 Å². The molecule has 0 aromatic heterocycles. The maximum Gasteiger partial charge on any atom is 0.343 e. The number of hydrogen-bond donors (Lipinski definition) is 1. The molecule has 0 saturated heterocycles. The van der Waals surface area contributed by atoms with E-state index in [1.165, 1.54) is 11.8 Å². The highest BCUT2D eigenvalue weighted by Crippen LogP contribution is 2.39. The smallest absolute Gasteiger partial charge is 0.343 e. The molecule has 0 aliphatic rings. The van der Waals surface area contributed by atoms with Gasteiger partial charge in [-0.15, -0.1) is 0 Å². The molecule has 0 unspecified atom stereocenters. The summed E-state index contributed by atoms with van der Waals surface area (Å²) in [5.41, 5.74) is 2.37. The molecule has 3 aromatic carbocycles. The van der Waals surface area contributed by atoms with E-state index in [-0.39, 0.29) is 4.91 Å². The molecule has 0 atom stereocenters. The average Bonchev–Trinajstić information content (AvgIpc) is 2.74. The third-order valence-corrected chi connectivity index (χ3v) is 5.19. The Labute approximate surface area is 168 Å². The first-order valence-corrected chi connectivity index (χ1v) is 9.44. The van der Waals surface area contributed by atoms with Gasteiger partial charge in [0.05, 0.1) is 14.2 Å². The van der Waals surface area contributed by atoms with Crippen molar-refractivity contribution < 1.29 is 19.4 Å². The number of hydrogen-bond acceptors (Lipinski definition) is 4. The van der Waals surface area contributed by atoms with Crippen molar-refractivity contribution in [3.05, 3.63) is 94.9 Å². The lowest BCUT2D eigenvalue weighted by atomic mass is 9.97. The van der Waals surface area contributed by atoms with Crippen LogP contribution in [-0.4, -0.2) is 25.3 Å². The van der Waals surface area contributed by atoms with Gasteiger partial charge in [0.15, 0.2) is 11.5 Å². The van der Waals surface area contributed by atoms with Gasteiger partial charge >= 0.3 is 5.97 Å². The standard InChI is InChI=1S/C23H20O4S/c1-26-19-14-13-18(15-20(19)27-2)28-22(23(24)25)21(16-9-5-3-6-10-16)17-11-7-4-8-12-17/h3-15H,1-2H3,(H,24,25). The van der Waals surface area contributed by atoms with E-state index in [2.05, 4.69) is 0 Å². The zero-order valence-corrected chi connectivity index (χ0v) is 16.4. The summed E-state index contributed by atoms with van der Waals surface area (Å²) in [5, 5.41) is 10.0. The second kappa shape index (κ2) is 9.15. The zero-order valence-electron chi connectivity index (χ0n) is 15.6. The fraction of sp³-hybridized carbons (Fsp3) is 0.0870. The van der Waals surface area contributed by atoms with Crippen LogP contribution >= 0.6 is 11.8 Å². The maximum atomic E-state index is 12.2. The maximum absolute atomic E-state index is 12.2. The number of methoxy groups -OCH3 is 2. The minimum Gasteiger partial charge on any atom is -0.493 e. The molecular formula is C23H20O4S. The van der Waals surface area contributed by atoms with Crippen LogP contribution in [0.15, 0.2) is 88.7 Å². The number of rotatable bonds is 7. The van der Waals surface area contributed by atoms with Crippen LogP contribution < -0.4 is 9.47 Å². The Morgan fingerprint density at radius 2 is 1.32 bits per heavy atom. The van der Waals surface area contributed by atoms with E-state index in [9.17, 15) is 9.90 Å². The van der Waals surface area contributed by atoms with E-state index in [1.807, 2.05) is 66.7 Å². The topological polar surface area (TPSA) is 55.8 Å². The van der Waals surface area contributed by atoms with Gasteiger partial charge in [-0.25, -0.2) is 4.79 Å². The number of carboxylic acids is 1. The van der Waals surface area contributed by atoms with Gasteiger partial charge in [-0.3, -0.25) is 0 Å². The summed E-state index contributed by atoms with van der Waals surface area (Å²) in [4.78, 5) is 13.2. The fourth-order valence-corrected chi connectivity index (χ4v) is 3.80. The fourth-order valence-electron chi connectivity index (χ4n) is 2.84. The van der Waals surface area contributed by atoms with E-state index in [0.717, 1.165) is 16.0 Å². The van der Waals surface area contributed by atoms with Gasteiger partial charge in [-0.1, -0.05) is 72.4 Å². The van der Waals surface area contributed by atoms with Crippen LogP contribution in [0.4, 0.5) is 0 Å². The molecule has 3 aromatic rings. The number of ether oxygens (including phenoxy) is 2. The first kappa shape index (κ1) is 19.6. The zero-order chi connectivity index (χ0) is 19.9. The summed E-state index contributed by atoms with van der Waals surface area (Å²) in [6, 6.07) is 24.5. The molecule has 28 heavy (non-hydrogen) atoms. The Morgan fingerprint density at radius 1 is 0.786 bits per heavy atom. The third kappa shape index (κ3) is 4.38. The molecule has 0 bridgehead atoms. The summed E-state index contributed by atoms with van der Waals surface area (Å²) < 4.78 is 10.6. The number of aliphatic carboxylic acids is 1. The minimum absolute atomic E-state index is 0.240. The lowest BCUT2D eigenvalue weighted by Gasteiger charge is -2.14. The van der Waals surface area contributed by atoms with Crippen molar-refractivity contribution in [3.8, 4) is 11.5 Å². The predicted molar refractivity (Wildman–Crippen MR) is 112 cm³/mol. The number of carboxylic acid groups (broad SMARTS) is 1. The Morgan fingerprint density at radius 3 is 1.79 bits per heavy atom. The summed E-state index contributed by atoms with van der Waals surface area (Å²) in [7, 11) is 3.12. The van der Waals surface area contributed by atoms with E-state index >= 15 is 0 Å². The Kier molecular flexibility index (Phi) is 6.40. The molecule has 0 aliphatic heterocycles. The highest BCUT2D eigenvalue weighted by atomic mass is 32.2. The first-order valence-electron chi connectivity index (χ1n) is 8.62. The Balaban J connectivity index is 2.15. The SMILES string of the molecule is COc1ccc(SC(C(=O)O)=C(c2ccccc2)c2ccccc2)cc1OC. The quantitative estimate of drug-likeness (QED) is 0.434. The van der Waals surface area contributed by atoms with Crippen LogP contribution in [-0.2, 0) is 4.79 Å². The molecule has 5 heteroatoms. The molecule has 0 fully saturated rings. The van der Waals surface area contributed by atoms with Gasteiger partial charge in [0.25, 0.3) is 0 Å². The monoisotopic (exact) mass is 392 g/mol. The summed E-state index contributed by atoms with van der Waals surface area (Å²) >= 11 is 1.19. The molecule has 0 heterocycles. The van der Waals surface area contributed by atoms with Crippen molar-refractivity contribution >= 4 is 23.3 Å². The average molecular weight is 392 g/mol. The van der Waals surface area contributed by atoms with Crippen molar-refractivity contribution in [1.29, 1.82) is 0 Å². The van der Waals surface area contributed by atoms with E-state index in [1.54, 1.807) is 26.4 Å². The normalized spacial score (nSPS) is 10.2. The van der Waals surface area contributed by atoms with Crippen LogP contribution in [0.2, 0.25) is 0 Å². The van der Waals surface area contributed by atoms with E-state index < -0.39 is 5.97 Å². The van der Waals surface area contributed by atoms with Gasteiger partial charge in [-0.05, 0) is 29.3 Å². The molecule has 3 rings (SSSR count). The van der Waals surface area contributed by atoms with Gasteiger partial charge in [0.1, 0.15) is 4.91 Å². The molecule has 0 radical (unpaired) electrons. The van der Waals surface area contributed by atoms with Crippen molar-refractivity contribution in [2.24, 2.45) is 0 Å². The first-order chi connectivity index (χ1) is 13.6. The molecule has 142 valence electrons. The van der Waals surface area contributed by atoms with E-state index in [4.69, 9.17) is 9.47 Å². The van der Waals surface area contributed by atoms with E-state index in [0.29, 0.717) is 17.1 Å². The Hall–Kier alpha value is -3.18. The highest BCUT2D eigenvalue weighted by molar-refractivity contribution is 8.04. The van der Waals surface area contributed by atoms with Gasteiger partial charge < -0.3 is 14.6 Å². The van der Waals surface area contributed by atoms with Gasteiger partial charge in [0.2, 0.25) is 0 Å². The predicted octanol–water partition coefficient (Wildman–Crippen LogP) is 5.34. The third-order valence-electron chi connectivity index (χ3n) is 4.12. The largest absolute Gasteiger partial charge is 0.493 e. The second-order valence-corrected chi connectivity index (χ2v) is 6.94. The van der Waals surface area contributed by atoms with Crippen molar-refractivity contribution in [2.45, 2.75) is 4.90 Å². The number of carbonyl (C=O) groups is 1. The summed E-state index contributed by atoms with van der Waals surface area (Å²) in [6.07, 6.45) is 0. The second-order valence-electron chi connectivity index (χ2n) is 5.86. The number of thioether (sulfide) groups is 1. The lowest BCUT2D eigenvalue weighted by Crippen LogP contribution is -2.03. The van der Waals surface area contributed by atoms with Crippen molar-refractivity contribution in [3.63, 3.8) is 0 Å². The number of benzene rings is 3. The molecule has 1 N–H and O–H groups in total. The molecule has 4 nitrogen and oxygen atoms in total. The Bertz CT molecular complexity index is 940.